The zero-order valence-corrected chi connectivity index (χ0v) is 13.7. The molecule has 0 aliphatic heterocycles. The van der Waals surface area contributed by atoms with Crippen molar-refractivity contribution in [3.05, 3.63) is 29.1 Å². The van der Waals surface area contributed by atoms with Gasteiger partial charge >= 0.3 is 0 Å². The molecule has 1 aliphatic rings. The van der Waals surface area contributed by atoms with Gasteiger partial charge in [-0.05, 0) is 25.5 Å². The van der Waals surface area contributed by atoms with Gasteiger partial charge in [-0.2, -0.15) is 0 Å². The molecule has 0 saturated heterocycles. The molecule has 0 atom stereocenters. The summed E-state index contributed by atoms with van der Waals surface area (Å²) < 4.78 is 29.4. The molecule has 4 nitrogen and oxygen atoms in total. The molecule has 1 fully saturated rings. The normalized spacial score (nSPS) is 16.2. The average molecular weight is 324 g/mol. The van der Waals surface area contributed by atoms with Crippen molar-refractivity contribution in [1.82, 2.24) is 10.0 Å². The van der Waals surface area contributed by atoms with Crippen molar-refractivity contribution in [1.29, 1.82) is 0 Å². The summed E-state index contributed by atoms with van der Waals surface area (Å²) in [5.41, 5.74) is 0. The van der Waals surface area contributed by atoms with Crippen LogP contribution in [0.5, 0.6) is 0 Å². The molecular weight excluding hydrogens is 304 g/mol. The zero-order chi connectivity index (χ0) is 14.9. The molecule has 0 bridgehead atoms. The Labute approximate surface area is 129 Å². The van der Waals surface area contributed by atoms with Crippen LogP contribution in [0.15, 0.2) is 29.2 Å². The van der Waals surface area contributed by atoms with Crippen LogP contribution in [0.4, 0.5) is 0 Å². The molecule has 21 heavy (non-hydrogen) atoms. The van der Waals surface area contributed by atoms with Gasteiger partial charge in [-0.15, -0.1) is 11.3 Å². The highest BCUT2D eigenvalue weighted by Crippen LogP contribution is 2.35. The van der Waals surface area contributed by atoms with E-state index < -0.39 is 10.0 Å². The Hall–Kier alpha value is -0.950. The van der Waals surface area contributed by atoms with Crippen LogP contribution < -0.4 is 10.0 Å². The minimum Gasteiger partial charge on any atom is -0.312 e. The second-order valence-corrected chi connectivity index (χ2v) is 8.17. The van der Waals surface area contributed by atoms with Crippen LogP contribution >= 0.6 is 11.3 Å². The largest absolute Gasteiger partial charge is 0.312 e. The van der Waals surface area contributed by atoms with Gasteiger partial charge in [0, 0.05) is 27.5 Å². The third-order valence-corrected chi connectivity index (χ3v) is 6.80. The van der Waals surface area contributed by atoms with Crippen molar-refractivity contribution in [2.75, 3.05) is 6.54 Å². The summed E-state index contributed by atoms with van der Waals surface area (Å²) >= 11 is 1.56. The van der Waals surface area contributed by atoms with Gasteiger partial charge in [-0.25, -0.2) is 13.1 Å². The van der Waals surface area contributed by atoms with Gasteiger partial charge in [0.05, 0.1) is 0 Å². The second kappa shape index (κ2) is 6.04. The number of rotatable bonds is 6. The number of benzene rings is 1. The molecular formula is C15H20N2O2S2. The van der Waals surface area contributed by atoms with Gasteiger partial charge < -0.3 is 5.32 Å². The van der Waals surface area contributed by atoms with Gasteiger partial charge in [-0.3, -0.25) is 0 Å². The second-order valence-electron chi connectivity index (χ2n) is 5.38. The predicted octanol–water partition coefficient (Wildman–Crippen LogP) is 2.84. The molecule has 114 valence electrons. The Bertz CT molecular complexity index is 733. The first-order chi connectivity index (χ1) is 10.1. The molecule has 3 rings (SSSR count). The minimum atomic E-state index is -3.44. The molecule has 2 N–H and O–H groups in total. The number of fused-ring (bicyclic) bond motifs is 1. The maximum atomic E-state index is 12.8. The van der Waals surface area contributed by atoms with Gasteiger partial charge in [0.1, 0.15) is 4.90 Å². The molecule has 0 spiro atoms. The molecule has 1 saturated carbocycles. The minimum absolute atomic E-state index is 0.112. The van der Waals surface area contributed by atoms with Crippen molar-refractivity contribution in [3.63, 3.8) is 0 Å². The van der Waals surface area contributed by atoms with E-state index >= 15 is 0 Å². The van der Waals surface area contributed by atoms with Gasteiger partial charge in [0.2, 0.25) is 10.0 Å². The summed E-state index contributed by atoms with van der Waals surface area (Å²) in [7, 11) is -3.44. The predicted molar refractivity (Wildman–Crippen MR) is 87.2 cm³/mol. The van der Waals surface area contributed by atoms with Crippen molar-refractivity contribution in [2.45, 2.75) is 43.7 Å². The standard InChI is InChI=1S/C15H20N2O2S2/c1-2-16-10-14-15(12-8-3-4-9-13(12)20-14)21(18,19)17-11-6-5-7-11/h3-4,8-9,11,16-17H,2,5-7,10H2,1H3. The lowest BCUT2D eigenvalue weighted by Gasteiger charge is -2.26. The molecule has 1 aromatic carbocycles. The average Bonchev–Trinajstić information content (AvgIpc) is 2.80. The first kappa shape index (κ1) is 15.0. The summed E-state index contributed by atoms with van der Waals surface area (Å²) in [5.74, 6) is 0. The fourth-order valence-electron chi connectivity index (χ4n) is 2.53. The smallest absolute Gasteiger partial charge is 0.242 e. The van der Waals surface area contributed by atoms with Crippen LogP contribution in [0.1, 0.15) is 31.1 Å². The van der Waals surface area contributed by atoms with E-state index in [-0.39, 0.29) is 6.04 Å². The lowest BCUT2D eigenvalue weighted by atomic mass is 9.94. The molecule has 1 aromatic heterocycles. The summed E-state index contributed by atoms with van der Waals surface area (Å²) in [6, 6.07) is 7.84. The number of thiophene rings is 1. The van der Waals surface area contributed by atoms with Gasteiger partial charge in [0.25, 0.3) is 0 Å². The monoisotopic (exact) mass is 324 g/mol. The van der Waals surface area contributed by atoms with E-state index in [1.807, 2.05) is 31.2 Å². The van der Waals surface area contributed by atoms with Crippen LogP contribution in [0.25, 0.3) is 10.1 Å². The summed E-state index contributed by atoms with van der Waals surface area (Å²) in [4.78, 5) is 1.36. The first-order valence-electron chi connectivity index (χ1n) is 7.35. The Morgan fingerprint density at radius 2 is 2.05 bits per heavy atom. The van der Waals surface area contributed by atoms with Crippen LogP contribution in [0.3, 0.4) is 0 Å². The van der Waals surface area contributed by atoms with E-state index in [1.54, 1.807) is 11.3 Å². The van der Waals surface area contributed by atoms with Crippen LogP contribution in [0.2, 0.25) is 0 Å². The van der Waals surface area contributed by atoms with E-state index in [1.165, 1.54) is 0 Å². The lowest BCUT2D eigenvalue weighted by Crippen LogP contribution is -2.39. The van der Waals surface area contributed by atoms with E-state index in [9.17, 15) is 8.42 Å². The number of sulfonamides is 1. The Morgan fingerprint density at radius 1 is 1.29 bits per heavy atom. The number of hydrogen-bond acceptors (Lipinski definition) is 4. The van der Waals surface area contributed by atoms with Crippen LogP contribution in [-0.4, -0.2) is 21.0 Å². The van der Waals surface area contributed by atoms with Gasteiger partial charge in [-0.1, -0.05) is 31.5 Å². The number of nitrogens with one attached hydrogen (secondary N) is 2. The third kappa shape index (κ3) is 2.99. The molecule has 6 heteroatoms. The fraction of sp³-hybridized carbons (Fsp3) is 0.467. The third-order valence-electron chi connectivity index (χ3n) is 3.85. The highest BCUT2D eigenvalue weighted by atomic mass is 32.2. The maximum Gasteiger partial charge on any atom is 0.242 e. The Morgan fingerprint density at radius 3 is 2.71 bits per heavy atom. The molecule has 0 amide bonds. The van der Waals surface area contributed by atoms with Crippen LogP contribution in [-0.2, 0) is 16.6 Å². The highest BCUT2D eigenvalue weighted by Gasteiger charge is 2.29. The SMILES string of the molecule is CCNCc1sc2ccccc2c1S(=O)(=O)NC1CCC1. The summed E-state index contributed by atoms with van der Waals surface area (Å²) in [6.45, 7) is 3.44. The van der Waals surface area contributed by atoms with E-state index in [2.05, 4.69) is 10.0 Å². The molecule has 0 unspecified atom stereocenters. The van der Waals surface area contributed by atoms with Crippen molar-refractivity contribution in [3.8, 4) is 0 Å². The highest BCUT2D eigenvalue weighted by molar-refractivity contribution is 7.90. The topological polar surface area (TPSA) is 58.2 Å². The summed E-state index contributed by atoms with van der Waals surface area (Å²) in [5, 5.41) is 4.07. The quantitative estimate of drug-likeness (QED) is 0.859. The van der Waals surface area contributed by atoms with E-state index in [4.69, 9.17) is 0 Å². The van der Waals surface area contributed by atoms with Crippen molar-refractivity contribution in [2.24, 2.45) is 0 Å². The van der Waals surface area contributed by atoms with Gasteiger partial charge in [0.15, 0.2) is 0 Å². The molecule has 0 radical (unpaired) electrons. The van der Waals surface area contributed by atoms with Crippen LogP contribution in [0, 0.1) is 0 Å². The van der Waals surface area contributed by atoms with Crippen molar-refractivity contribution < 1.29 is 8.42 Å². The maximum absolute atomic E-state index is 12.8. The number of hydrogen-bond donors (Lipinski definition) is 2. The Balaban J connectivity index is 2.05. The molecule has 1 heterocycles. The zero-order valence-electron chi connectivity index (χ0n) is 12.1. The first-order valence-corrected chi connectivity index (χ1v) is 9.65. The molecule has 2 aromatic rings. The lowest BCUT2D eigenvalue weighted by molar-refractivity contribution is 0.383. The molecule has 1 aliphatic carbocycles. The van der Waals surface area contributed by atoms with Crippen molar-refractivity contribution >= 4 is 31.4 Å². The van der Waals surface area contributed by atoms with E-state index in [0.717, 1.165) is 40.8 Å². The summed E-state index contributed by atoms with van der Waals surface area (Å²) in [6.07, 6.45) is 3.01. The fourth-order valence-corrected chi connectivity index (χ4v) is 5.75. The van der Waals surface area contributed by atoms with E-state index in [0.29, 0.717) is 11.4 Å². The Kier molecular flexibility index (Phi) is 4.31.